The van der Waals surface area contributed by atoms with Gasteiger partial charge >= 0.3 is 0 Å². The Bertz CT molecular complexity index is 1170. The maximum atomic E-state index is 12.9. The summed E-state index contributed by atoms with van der Waals surface area (Å²) in [6, 6.07) is 19.2. The normalized spacial score (nSPS) is 16.7. The first-order valence-electron chi connectivity index (χ1n) is 10.7. The van der Waals surface area contributed by atoms with E-state index in [1.165, 1.54) is 9.87 Å². The van der Waals surface area contributed by atoms with Crippen molar-refractivity contribution in [2.75, 3.05) is 32.7 Å². The lowest BCUT2D eigenvalue weighted by atomic mass is 10.1. The van der Waals surface area contributed by atoms with Crippen LogP contribution in [0.15, 0.2) is 64.9 Å². The van der Waals surface area contributed by atoms with Crippen molar-refractivity contribution in [1.82, 2.24) is 9.21 Å². The van der Waals surface area contributed by atoms with E-state index in [-0.39, 0.29) is 6.10 Å². The number of halogens is 2. The average Bonchev–Trinajstić information content (AvgIpc) is 3.25. The van der Waals surface area contributed by atoms with Crippen molar-refractivity contribution in [2.24, 2.45) is 0 Å². The molecule has 5 nitrogen and oxygen atoms in total. The van der Waals surface area contributed by atoms with E-state index < -0.39 is 10.0 Å². The third kappa shape index (κ3) is 6.36. The van der Waals surface area contributed by atoms with E-state index in [9.17, 15) is 8.42 Å². The number of nitrogens with zero attached hydrogens (tertiary/aromatic N) is 2. The van der Waals surface area contributed by atoms with Crippen LogP contribution in [0, 0.1) is 6.92 Å². The van der Waals surface area contributed by atoms with Crippen LogP contribution < -0.4 is 0 Å². The number of rotatable bonds is 8. The summed E-state index contributed by atoms with van der Waals surface area (Å²) < 4.78 is 34.4. The molecule has 0 amide bonds. The Balaban J connectivity index is 1.41. The number of benzene rings is 2. The van der Waals surface area contributed by atoms with Crippen LogP contribution in [0.5, 0.6) is 0 Å². The predicted octanol–water partition coefficient (Wildman–Crippen LogP) is 5.63. The number of hydrogen-bond acceptors (Lipinski definition) is 5. The van der Waals surface area contributed by atoms with Crippen molar-refractivity contribution in [3.8, 4) is 0 Å². The van der Waals surface area contributed by atoms with E-state index in [1.807, 2.05) is 30.3 Å². The summed E-state index contributed by atoms with van der Waals surface area (Å²) in [6.45, 7) is 5.38. The monoisotopic (exact) mass is 524 g/mol. The first-order chi connectivity index (χ1) is 15.8. The van der Waals surface area contributed by atoms with E-state index in [0.717, 1.165) is 22.5 Å². The summed E-state index contributed by atoms with van der Waals surface area (Å²) in [4.78, 5) is 2.25. The summed E-state index contributed by atoms with van der Waals surface area (Å²) in [5.74, 6) is 0. The van der Waals surface area contributed by atoms with Crippen LogP contribution in [-0.4, -0.2) is 50.3 Å². The lowest BCUT2D eigenvalue weighted by molar-refractivity contribution is 0.00772. The number of aryl methyl sites for hydroxylation is 1. The highest BCUT2D eigenvalue weighted by atomic mass is 35.5. The Labute approximate surface area is 209 Å². The van der Waals surface area contributed by atoms with Gasteiger partial charge in [0.1, 0.15) is 4.21 Å². The smallest absolute Gasteiger partial charge is 0.252 e. The predicted molar refractivity (Wildman–Crippen MR) is 135 cm³/mol. The lowest BCUT2D eigenvalue weighted by Gasteiger charge is -2.35. The van der Waals surface area contributed by atoms with Gasteiger partial charge in [0, 0.05) is 37.7 Å². The summed E-state index contributed by atoms with van der Waals surface area (Å²) >= 11 is 13.1. The van der Waals surface area contributed by atoms with E-state index in [1.54, 1.807) is 12.1 Å². The molecular formula is C24H26Cl2N2O3S2. The van der Waals surface area contributed by atoms with Gasteiger partial charge in [0.05, 0.1) is 17.0 Å². The third-order valence-electron chi connectivity index (χ3n) is 5.67. The second kappa shape index (κ2) is 10.9. The van der Waals surface area contributed by atoms with Crippen molar-refractivity contribution in [3.05, 3.63) is 86.7 Å². The van der Waals surface area contributed by atoms with Gasteiger partial charge in [-0.15, -0.1) is 11.3 Å². The quantitative estimate of drug-likeness (QED) is 0.383. The highest BCUT2D eigenvalue weighted by Crippen LogP contribution is 2.29. The highest BCUT2D eigenvalue weighted by molar-refractivity contribution is 7.91. The molecule has 1 aliphatic heterocycles. The maximum absolute atomic E-state index is 12.9. The zero-order chi connectivity index (χ0) is 23.4. The minimum atomic E-state index is -3.51. The standard InChI is InChI=1S/C24H26Cl2N2O3S2/c1-18-3-2-4-19(15-18)17-31-22(20-5-7-21(25)8-6-20)16-27-11-13-28(14-12-27)33(29,30)24-10-9-23(26)32-24/h2-10,15,22H,11-14,16-17H2,1H3/t22-/m1/s1. The van der Waals surface area contributed by atoms with Crippen molar-refractivity contribution < 1.29 is 13.2 Å². The Hall–Kier alpha value is -1.45. The fourth-order valence-corrected chi connectivity index (χ4v) is 7.07. The van der Waals surface area contributed by atoms with Gasteiger partial charge in [0.2, 0.25) is 0 Å². The molecule has 3 aromatic rings. The SMILES string of the molecule is Cc1cccc(CO[C@H](CN2CCN(S(=O)(=O)c3ccc(Cl)s3)CC2)c2ccc(Cl)cc2)c1. The lowest BCUT2D eigenvalue weighted by Crippen LogP contribution is -2.49. The van der Waals surface area contributed by atoms with Crippen LogP contribution in [0.4, 0.5) is 0 Å². The van der Waals surface area contributed by atoms with Gasteiger partial charge in [0.25, 0.3) is 10.0 Å². The van der Waals surface area contributed by atoms with Gasteiger partial charge in [-0.2, -0.15) is 4.31 Å². The van der Waals surface area contributed by atoms with E-state index >= 15 is 0 Å². The molecule has 9 heteroatoms. The highest BCUT2D eigenvalue weighted by Gasteiger charge is 2.30. The molecule has 2 heterocycles. The third-order valence-corrected chi connectivity index (χ3v) is 9.52. The van der Waals surface area contributed by atoms with Crippen LogP contribution in [0.25, 0.3) is 0 Å². The van der Waals surface area contributed by atoms with Gasteiger partial charge in [-0.1, -0.05) is 65.2 Å². The Kier molecular flexibility index (Phi) is 8.12. The van der Waals surface area contributed by atoms with E-state index in [2.05, 4.69) is 30.0 Å². The Morgan fingerprint density at radius 2 is 1.73 bits per heavy atom. The zero-order valence-corrected chi connectivity index (χ0v) is 21.4. The second-order valence-corrected chi connectivity index (χ2v) is 12.4. The molecule has 1 aliphatic rings. The summed E-state index contributed by atoms with van der Waals surface area (Å²) in [5, 5.41) is 0.684. The molecule has 1 aromatic heterocycles. The fraction of sp³-hybridized carbons (Fsp3) is 0.333. The molecule has 4 rings (SSSR count). The number of thiophene rings is 1. The van der Waals surface area contributed by atoms with Crippen molar-refractivity contribution in [2.45, 2.75) is 23.8 Å². The molecule has 0 radical (unpaired) electrons. The van der Waals surface area contributed by atoms with Crippen molar-refractivity contribution in [3.63, 3.8) is 0 Å². The van der Waals surface area contributed by atoms with Crippen LogP contribution >= 0.6 is 34.5 Å². The summed E-state index contributed by atoms with van der Waals surface area (Å²) in [5.41, 5.74) is 3.37. The maximum Gasteiger partial charge on any atom is 0.252 e. The van der Waals surface area contributed by atoms with Gasteiger partial charge in [-0.05, 0) is 42.3 Å². The molecular weight excluding hydrogens is 499 g/mol. The number of sulfonamides is 1. The molecule has 0 saturated carbocycles. The van der Waals surface area contributed by atoms with Crippen molar-refractivity contribution in [1.29, 1.82) is 0 Å². The molecule has 33 heavy (non-hydrogen) atoms. The summed E-state index contributed by atoms with van der Waals surface area (Å²) in [6.07, 6.45) is -0.151. The minimum absolute atomic E-state index is 0.151. The van der Waals surface area contributed by atoms with Gasteiger partial charge in [-0.25, -0.2) is 8.42 Å². The largest absolute Gasteiger partial charge is 0.368 e. The fourth-order valence-electron chi connectivity index (χ4n) is 3.88. The molecule has 0 unspecified atom stereocenters. The van der Waals surface area contributed by atoms with Crippen LogP contribution in [0.1, 0.15) is 22.8 Å². The molecule has 0 bridgehead atoms. The molecule has 0 spiro atoms. The number of ether oxygens (including phenoxy) is 1. The number of piperazine rings is 1. The second-order valence-electron chi connectivity index (χ2n) is 8.10. The van der Waals surface area contributed by atoms with Gasteiger partial charge < -0.3 is 4.74 Å². The van der Waals surface area contributed by atoms with E-state index in [4.69, 9.17) is 27.9 Å². The Morgan fingerprint density at radius 3 is 2.36 bits per heavy atom. The first-order valence-corrected chi connectivity index (χ1v) is 13.7. The topological polar surface area (TPSA) is 49.9 Å². The molecule has 1 saturated heterocycles. The van der Waals surface area contributed by atoms with E-state index in [0.29, 0.717) is 52.9 Å². The molecule has 176 valence electrons. The molecule has 1 atom stereocenters. The average molecular weight is 526 g/mol. The van der Waals surface area contributed by atoms with Crippen LogP contribution in [-0.2, 0) is 21.4 Å². The molecule has 0 N–H and O–H groups in total. The van der Waals surface area contributed by atoms with Crippen molar-refractivity contribution >= 4 is 44.6 Å². The van der Waals surface area contributed by atoms with Crippen LogP contribution in [0.2, 0.25) is 9.36 Å². The molecule has 0 aliphatic carbocycles. The van der Waals surface area contributed by atoms with Crippen LogP contribution in [0.3, 0.4) is 0 Å². The van der Waals surface area contributed by atoms with Gasteiger partial charge in [0.15, 0.2) is 0 Å². The first kappa shape index (κ1) is 24.7. The van der Waals surface area contributed by atoms with Gasteiger partial charge in [-0.3, -0.25) is 4.90 Å². The zero-order valence-electron chi connectivity index (χ0n) is 18.3. The minimum Gasteiger partial charge on any atom is -0.368 e. The number of hydrogen-bond donors (Lipinski definition) is 0. The molecule has 2 aromatic carbocycles. The molecule has 1 fully saturated rings. The Morgan fingerprint density at radius 1 is 1.00 bits per heavy atom. The summed E-state index contributed by atoms with van der Waals surface area (Å²) in [7, 11) is -3.51.